The van der Waals surface area contributed by atoms with Crippen LogP contribution in [0.2, 0.25) is 0 Å². The molecule has 1 aromatic heterocycles. The van der Waals surface area contributed by atoms with Crippen molar-refractivity contribution >= 4 is 5.96 Å². The molecule has 15 heavy (non-hydrogen) atoms. The Morgan fingerprint density at radius 1 is 1.33 bits per heavy atom. The first-order valence-corrected chi connectivity index (χ1v) is 5.40. The lowest BCUT2D eigenvalue weighted by molar-refractivity contribution is 0.314. The summed E-state index contributed by atoms with van der Waals surface area (Å²) in [7, 11) is 0. The predicted octanol–water partition coefficient (Wildman–Crippen LogP) is 0.788. The zero-order valence-corrected chi connectivity index (χ0v) is 8.56. The minimum Gasteiger partial charge on any atom is -0.354 e. The third-order valence-electron chi connectivity index (χ3n) is 3.04. The number of hydrogen-bond donors (Lipinski definition) is 1. The first kappa shape index (κ1) is 8.71. The maximum absolute atomic E-state index is 4.48. The Labute approximate surface area is 89.0 Å². The Balaban J connectivity index is 1.91. The van der Waals surface area contributed by atoms with Gasteiger partial charge in [0.15, 0.2) is 5.96 Å². The molecule has 3 heterocycles. The Kier molecular flexibility index (Phi) is 2.05. The largest absolute Gasteiger partial charge is 0.354 e. The maximum atomic E-state index is 4.48. The van der Waals surface area contributed by atoms with Crippen LogP contribution >= 0.6 is 0 Å². The highest BCUT2D eigenvalue weighted by atomic mass is 15.4. The van der Waals surface area contributed by atoms with Crippen molar-refractivity contribution in [2.75, 3.05) is 19.6 Å². The average molecular weight is 202 g/mol. The Morgan fingerprint density at radius 3 is 3.07 bits per heavy atom. The van der Waals surface area contributed by atoms with Crippen LogP contribution in [-0.4, -0.2) is 35.5 Å². The molecule has 78 valence electrons. The van der Waals surface area contributed by atoms with Crippen LogP contribution < -0.4 is 5.32 Å². The third kappa shape index (κ3) is 1.46. The van der Waals surface area contributed by atoms with E-state index in [9.17, 15) is 0 Å². The molecule has 0 spiro atoms. The second-order valence-corrected chi connectivity index (χ2v) is 3.91. The second kappa shape index (κ2) is 3.53. The van der Waals surface area contributed by atoms with Crippen LogP contribution in [0.4, 0.5) is 0 Å². The summed E-state index contributed by atoms with van der Waals surface area (Å²) in [6.07, 6.45) is 4.84. The standard InChI is InChI=1S/C11H14N4/c1-4-12-5-2-9(1)10-3-6-13-11-14-7-8-15(10)11/h1-2,4-5,10H,3,6-8H2,(H,13,14). The molecule has 2 aliphatic heterocycles. The molecular weight excluding hydrogens is 188 g/mol. The van der Waals surface area contributed by atoms with Gasteiger partial charge >= 0.3 is 0 Å². The van der Waals surface area contributed by atoms with Crippen LogP contribution in [0, 0.1) is 0 Å². The van der Waals surface area contributed by atoms with E-state index < -0.39 is 0 Å². The summed E-state index contributed by atoms with van der Waals surface area (Å²) in [5.74, 6) is 1.07. The number of guanidine groups is 1. The lowest BCUT2D eigenvalue weighted by Gasteiger charge is -2.32. The Bertz CT molecular complexity index is 373. The van der Waals surface area contributed by atoms with Gasteiger partial charge in [0.2, 0.25) is 0 Å². The molecule has 0 aromatic carbocycles. The molecule has 1 N–H and O–H groups in total. The van der Waals surface area contributed by atoms with Crippen molar-refractivity contribution in [3.05, 3.63) is 30.1 Å². The van der Waals surface area contributed by atoms with Gasteiger partial charge in [-0.15, -0.1) is 0 Å². The molecular formula is C11H14N4. The van der Waals surface area contributed by atoms with Crippen molar-refractivity contribution in [3.63, 3.8) is 0 Å². The second-order valence-electron chi connectivity index (χ2n) is 3.91. The van der Waals surface area contributed by atoms with Crippen molar-refractivity contribution in [2.45, 2.75) is 12.5 Å². The minimum absolute atomic E-state index is 0.482. The van der Waals surface area contributed by atoms with Crippen LogP contribution in [0.15, 0.2) is 29.5 Å². The molecule has 1 unspecified atom stereocenters. The van der Waals surface area contributed by atoms with Crippen molar-refractivity contribution < 1.29 is 0 Å². The van der Waals surface area contributed by atoms with Crippen molar-refractivity contribution in [1.29, 1.82) is 0 Å². The highest BCUT2D eigenvalue weighted by molar-refractivity contribution is 5.82. The normalized spacial score (nSPS) is 24.4. The van der Waals surface area contributed by atoms with Gasteiger partial charge < -0.3 is 10.2 Å². The molecule has 0 bridgehead atoms. The number of nitrogens with zero attached hydrogens (tertiary/aromatic N) is 3. The molecule has 3 rings (SSSR count). The SMILES string of the molecule is c1cc(C2CCN=C3NCCN32)ccn1. The minimum atomic E-state index is 0.482. The number of aromatic nitrogens is 1. The summed E-state index contributed by atoms with van der Waals surface area (Å²) in [4.78, 5) is 10.9. The molecule has 1 fully saturated rings. The van der Waals surface area contributed by atoms with Gasteiger partial charge in [-0.3, -0.25) is 9.98 Å². The van der Waals surface area contributed by atoms with Crippen LogP contribution in [0.25, 0.3) is 0 Å². The van der Waals surface area contributed by atoms with E-state index in [4.69, 9.17) is 0 Å². The van der Waals surface area contributed by atoms with Crippen LogP contribution in [0.1, 0.15) is 18.0 Å². The fourth-order valence-electron chi connectivity index (χ4n) is 2.33. The van der Waals surface area contributed by atoms with Crippen LogP contribution in [0.3, 0.4) is 0 Å². The number of nitrogens with one attached hydrogen (secondary N) is 1. The quantitative estimate of drug-likeness (QED) is 0.732. The van der Waals surface area contributed by atoms with Gasteiger partial charge in [0.25, 0.3) is 0 Å². The van der Waals surface area contributed by atoms with Crippen molar-refractivity contribution in [3.8, 4) is 0 Å². The maximum Gasteiger partial charge on any atom is 0.194 e. The molecule has 1 saturated heterocycles. The summed E-state index contributed by atoms with van der Waals surface area (Å²) < 4.78 is 0. The van der Waals surface area contributed by atoms with Gasteiger partial charge in [0, 0.05) is 32.0 Å². The number of rotatable bonds is 1. The lowest BCUT2D eigenvalue weighted by Crippen LogP contribution is -2.37. The molecule has 4 nitrogen and oxygen atoms in total. The highest BCUT2D eigenvalue weighted by Crippen LogP contribution is 2.27. The molecule has 0 aliphatic carbocycles. The zero-order chi connectivity index (χ0) is 10.1. The molecule has 4 heteroatoms. The fraction of sp³-hybridized carbons (Fsp3) is 0.455. The number of aliphatic imine (C=N–C) groups is 1. The Hall–Kier alpha value is -1.58. The van der Waals surface area contributed by atoms with Gasteiger partial charge in [0.05, 0.1) is 6.04 Å². The van der Waals surface area contributed by atoms with Gasteiger partial charge in [-0.1, -0.05) is 0 Å². The molecule has 1 atom stereocenters. The first-order chi connectivity index (χ1) is 7.45. The van der Waals surface area contributed by atoms with E-state index in [-0.39, 0.29) is 0 Å². The summed E-state index contributed by atoms with van der Waals surface area (Å²) in [5, 5.41) is 3.32. The number of pyridine rings is 1. The number of fused-ring (bicyclic) bond motifs is 1. The van der Waals surface area contributed by atoms with Gasteiger partial charge in [-0.05, 0) is 24.1 Å². The van der Waals surface area contributed by atoms with E-state index in [2.05, 4.69) is 32.3 Å². The smallest absolute Gasteiger partial charge is 0.194 e. The fourth-order valence-corrected chi connectivity index (χ4v) is 2.33. The average Bonchev–Trinajstić information content (AvgIpc) is 2.78. The summed E-state index contributed by atoms with van der Waals surface area (Å²) >= 11 is 0. The van der Waals surface area contributed by atoms with Gasteiger partial charge in [-0.2, -0.15) is 0 Å². The third-order valence-corrected chi connectivity index (χ3v) is 3.04. The lowest BCUT2D eigenvalue weighted by atomic mass is 10.0. The molecule has 2 aliphatic rings. The topological polar surface area (TPSA) is 40.5 Å². The molecule has 1 aromatic rings. The molecule has 0 amide bonds. The van der Waals surface area contributed by atoms with E-state index in [1.54, 1.807) is 0 Å². The summed E-state index contributed by atoms with van der Waals surface area (Å²) in [5.41, 5.74) is 1.35. The Morgan fingerprint density at radius 2 is 2.20 bits per heavy atom. The monoisotopic (exact) mass is 202 g/mol. The van der Waals surface area contributed by atoms with Crippen LogP contribution in [-0.2, 0) is 0 Å². The summed E-state index contributed by atoms with van der Waals surface area (Å²) in [6, 6.07) is 4.69. The van der Waals surface area contributed by atoms with Gasteiger partial charge in [0.1, 0.15) is 0 Å². The zero-order valence-electron chi connectivity index (χ0n) is 8.56. The molecule has 0 saturated carbocycles. The highest BCUT2D eigenvalue weighted by Gasteiger charge is 2.29. The summed E-state index contributed by atoms with van der Waals surface area (Å²) in [6.45, 7) is 3.00. The first-order valence-electron chi connectivity index (χ1n) is 5.40. The van der Waals surface area contributed by atoms with Gasteiger partial charge in [-0.25, -0.2) is 0 Å². The molecule has 0 radical (unpaired) electrons. The van der Waals surface area contributed by atoms with E-state index in [1.807, 2.05) is 12.4 Å². The van der Waals surface area contributed by atoms with Crippen molar-refractivity contribution in [1.82, 2.24) is 15.2 Å². The van der Waals surface area contributed by atoms with E-state index in [0.29, 0.717) is 6.04 Å². The van der Waals surface area contributed by atoms with E-state index in [1.165, 1.54) is 5.56 Å². The van der Waals surface area contributed by atoms with E-state index >= 15 is 0 Å². The van der Waals surface area contributed by atoms with Crippen LogP contribution in [0.5, 0.6) is 0 Å². The van der Waals surface area contributed by atoms with Crippen molar-refractivity contribution in [2.24, 2.45) is 4.99 Å². The number of hydrogen-bond acceptors (Lipinski definition) is 4. The van der Waals surface area contributed by atoms with E-state index in [0.717, 1.165) is 32.0 Å². The predicted molar refractivity (Wildman–Crippen MR) is 58.6 cm³/mol.